The van der Waals surface area contributed by atoms with Crippen LogP contribution in [0.4, 0.5) is 0 Å². The summed E-state index contributed by atoms with van der Waals surface area (Å²) in [6, 6.07) is 0. The molecule has 2 rings (SSSR count). The first-order valence-electron chi connectivity index (χ1n) is 4.76. The topological polar surface area (TPSA) is 0 Å². The van der Waals surface area contributed by atoms with Crippen LogP contribution in [0.25, 0.3) is 0 Å². The fraction of sp³-hybridized carbons (Fsp3) is 1.00. The summed E-state index contributed by atoms with van der Waals surface area (Å²) < 4.78 is 5.07. The zero-order valence-corrected chi connectivity index (χ0v) is 9.86. The molecule has 1 heterocycles. The van der Waals surface area contributed by atoms with Gasteiger partial charge in [0.15, 0.2) is 0 Å². The van der Waals surface area contributed by atoms with Crippen molar-refractivity contribution < 1.29 is 0 Å². The van der Waals surface area contributed by atoms with Crippen LogP contribution >= 0.6 is 19.8 Å². The molecule has 66 valence electrons. The molecule has 11 heavy (non-hydrogen) atoms. The van der Waals surface area contributed by atoms with Crippen LogP contribution in [-0.2, 0) is 0 Å². The van der Waals surface area contributed by atoms with Gasteiger partial charge in [-0.25, -0.2) is 0 Å². The fourth-order valence-corrected chi connectivity index (χ4v) is 8.68. The second-order valence-corrected chi connectivity index (χ2v) is 10.9. The van der Waals surface area contributed by atoms with Crippen LogP contribution in [0.2, 0.25) is 0 Å². The summed E-state index contributed by atoms with van der Waals surface area (Å²) in [5, 5.41) is 0. The molecule has 0 spiro atoms. The van der Waals surface area contributed by atoms with Crippen LogP contribution in [0.15, 0.2) is 0 Å². The summed E-state index contributed by atoms with van der Waals surface area (Å²) >= 11 is -0.221. The molecule has 0 nitrogen and oxygen atoms in total. The van der Waals surface area contributed by atoms with Gasteiger partial charge in [-0.2, -0.15) is 0 Å². The minimum atomic E-state index is -0.221. The summed E-state index contributed by atoms with van der Waals surface area (Å²) in [7, 11) is 0. The number of rotatable bonds is 2. The SMILES string of the molecule is CC1CC[C@@](C)(CI2CC2)C1. The molecule has 2 aliphatic rings. The van der Waals surface area contributed by atoms with Gasteiger partial charge in [-0.05, 0) is 0 Å². The van der Waals surface area contributed by atoms with E-state index in [2.05, 4.69) is 13.8 Å². The van der Waals surface area contributed by atoms with Crippen LogP contribution in [-0.4, -0.2) is 13.3 Å². The molecular weight excluding hydrogens is 247 g/mol. The molecule has 1 saturated heterocycles. The average Bonchev–Trinajstić information content (AvgIpc) is 2.62. The van der Waals surface area contributed by atoms with E-state index in [1.165, 1.54) is 6.42 Å². The number of hydrogen-bond donors (Lipinski definition) is 0. The Morgan fingerprint density at radius 1 is 1.45 bits per heavy atom. The van der Waals surface area contributed by atoms with Gasteiger partial charge in [0, 0.05) is 0 Å². The Balaban J connectivity index is 1.87. The average molecular weight is 266 g/mol. The van der Waals surface area contributed by atoms with Gasteiger partial charge in [-0.15, -0.1) is 0 Å². The molecule has 1 unspecified atom stereocenters. The van der Waals surface area contributed by atoms with Crippen molar-refractivity contribution >= 4 is 19.8 Å². The van der Waals surface area contributed by atoms with Gasteiger partial charge in [-0.1, -0.05) is 0 Å². The van der Waals surface area contributed by atoms with E-state index in [1.54, 1.807) is 26.1 Å². The van der Waals surface area contributed by atoms with E-state index >= 15 is 0 Å². The summed E-state index contributed by atoms with van der Waals surface area (Å²) in [6.45, 7) is 4.98. The van der Waals surface area contributed by atoms with Gasteiger partial charge in [0.2, 0.25) is 0 Å². The molecule has 0 radical (unpaired) electrons. The van der Waals surface area contributed by atoms with Gasteiger partial charge >= 0.3 is 77.5 Å². The van der Waals surface area contributed by atoms with Crippen molar-refractivity contribution in [2.24, 2.45) is 11.3 Å². The minimum absolute atomic E-state index is 0.221. The first-order valence-corrected chi connectivity index (χ1v) is 9.33. The van der Waals surface area contributed by atoms with Crippen molar-refractivity contribution in [1.29, 1.82) is 0 Å². The maximum absolute atomic E-state index is 2.55. The van der Waals surface area contributed by atoms with E-state index in [1.807, 2.05) is 0 Å². The number of alkyl halides is 3. The standard InChI is InChI=1S/C10H19I/c1-9-3-4-10(2,7-9)8-11-5-6-11/h9H,3-8H2,1-2H3/t9?,10-/m1/s1. The molecule has 0 aromatic carbocycles. The summed E-state index contributed by atoms with van der Waals surface area (Å²) in [5.41, 5.74) is 0.820. The van der Waals surface area contributed by atoms with E-state index < -0.39 is 0 Å². The Morgan fingerprint density at radius 2 is 2.18 bits per heavy atom. The first kappa shape index (κ1) is 8.33. The fourth-order valence-electron chi connectivity index (χ4n) is 2.40. The quantitative estimate of drug-likeness (QED) is 0.531. The number of halogens is 1. The molecular formula is C10H19I. The summed E-state index contributed by atoms with van der Waals surface area (Å²) in [6.07, 6.45) is 4.60. The van der Waals surface area contributed by atoms with Crippen molar-refractivity contribution in [2.45, 2.75) is 33.1 Å². The Labute approximate surface area is 77.5 Å². The molecule has 1 heteroatoms. The van der Waals surface area contributed by atoms with E-state index in [0.717, 1.165) is 11.3 Å². The molecule has 1 saturated carbocycles. The third kappa shape index (κ3) is 2.10. The molecule has 0 amide bonds. The second kappa shape index (κ2) is 2.90. The normalized spacial score (nSPS) is 46.4. The zero-order valence-electron chi connectivity index (χ0n) is 7.70. The Bertz CT molecular complexity index is 151. The van der Waals surface area contributed by atoms with Crippen LogP contribution < -0.4 is 0 Å². The van der Waals surface area contributed by atoms with Crippen molar-refractivity contribution in [3.63, 3.8) is 0 Å². The van der Waals surface area contributed by atoms with E-state index in [0.29, 0.717) is 0 Å². The molecule has 2 fully saturated rings. The Kier molecular flexibility index (Phi) is 2.19. The molecule has 0 aromatic rings. The van der Waals surface area contributed by atoms with Gasteiger partial charge in [0.25, 0.3) is 0 Å². The third-order valence-corrected chi connectivity index (χ3v) is 8.57. The van der Waals surface area contributed by atoms with Crippen LogP contribution in [0.5, 0.6) is 0 Å². The van der Waals surface area contributed by atoms with Crippen LogP contribution in [0.1, 0.15) is 33.1 Å². The molecule has 0 bridgehead atoms. The molecule has 0 aromatic heterocycles. The monoisotopic (exact) mass is 266 g/mol. The predicted octanol–water partition coefficient (Wildman–Crippen LogP) is 3.33. The van der Waals surface area contributed by atoms with Gasteiger partial charge in [0.05, 0.1) is 0 Å². The predicted molar refractivity (Wildman–Crippen MR) is 59.7 cm³/mol. The zero-order chi connectivity index (χ0) is 7.90. The van der Waals surface area contributed by atoms with Gasteiger partial charge < -0.3 is 0 Å². The van der Waals surface area contributed by atoms with Crippen LogP contribution in [0.3, 0.4) is 0 Å². The Hall–Kier alpha value is 0.730. The number of hydrogen-bond acceptors (Lipinski definition) is 0. The van der Waals surface area contributed by atoms with Gasteiger partial charge in [-0.3, -0.25) is 0 Å². The van der Waals surface area contributed by atoms with E-state index in [4.69, 9.17) is 0 Å². The van der Waals surface area contributed by atoms with E-state index in [-0.39, 0.29) is 19.8 Å². The van der Waals surface area contributed by atoms with Crippen molar-refractivity contribution in [3.05, 3.63) is 0 Å². The third-order valence-electron chi connectivity index (χ3n) is 3.05. The molecule has 0 N–H and O–H groups in total. The molecule has 2 atom stereocenters. The van der Waals surface area contributed by atoms with Gasteiger partial charge in [0.1, 0.15) is 0 Å². The Morgan fingerprint density at radius 3 is 2.64 bits per heavy atom. The van der Waals surface area contributed by atoms with Crippen molar-refractivity contribution in [1.82, 2.24) is 0 Å². The summed E-state index contributed by atoms with van der Waals surface area (Å²) in [4.78, 5) is 0. The molecule has 1 aliphatic heterocycles. The maximum atomic E-state index is 2.55. The summed E-state index contributed by atoms with van der Waals surface area (Å²) in [5.74, 6) is 1.04. The molecule has 1 aliphatic carbocycles. The van der Waals surface area contributed by atoms with Crippen molar-refractivity contribution in [2.75, 3.05) is 13.3 Å². The van der Waals surface area contributed by atoms with Crippen LogP contribution in [0, 0.1) is 11.3 Å². The van der Waals surface area contributed by atoms with E-state index in [9.17, 15) is 0 Å². The first-order chi connectivity index (χ1) is 5.18. The second-order valence-electron chi connectivity index (χ2n) is 4.74. The van der Waals surface area contributed by atoms with Crippen molar-refractivity contribution in [3.8, 4) is 0 Å².